The van der Waals surface area contributed by atoms with Gasteiger partial charge in [-0.2, -0.15) is 0 Å². The minimum absolute atomic E-state index is 1.85. The van der Waals surface area contributed by atoms with Crippen molar-refractivity contribution in [3.63, 3.8) is 0 Å². The summed E-state index contributed by atoms with van der Waals surface area (Å²) in [6.07, 6.45) is -105. The van der Waals surface area contributed by atoms with E-state index >= 15 is 0 Å². The first-order chi connectivity index (χ1) is 49.1. The number of rotatable bonds is 52. The summed E-state index contributed by atoms with van der Waals surface area (Å²) < 4.78 is 0. The highest BCUT2D eigenvalue weighted by Gasteiger charge is 2.69. The fourth-order valence-corrected chi connectivity index (χ4v) is 19.5. The van der Waals surface area contributed by atoms with E-state index in [0.717, 1.165) is 0 Å². The molecule has 0 bridgehead atoms. The second-order valence-electron chi connectivity index (χ2n) is 30.6. The van der Waals surface area contributed by atoms with Crippen LogP contribution in [-0.4, -0.2) is 764 Å². The molecule has 0 amide bonds. The van der Waals surface area contributed by atoms with Crippen molar-refractivity contribution in [2.24, 2.45) is 0 Å². The van der Waals surface area contributed by atoms with E-state index in [4.69, 9.17) is 426 Å². The molecule has 0 aliphatic carbocycles. The van der Waals surface area contributed by atoms with Gasteiger partial charge in [-0.1, -0.05) is 0 Å². The SMILES string of the molecule is [B]B([B])B([B])B(B(B([B])[B])B([B])[B])B(B(B(B([B])[B])B([B])[B])B(B([B])[B])B([B])[B])B(B(B(B([B])[B])B([B])[B])B(B([B])[B])B([B])[B])B(B(B(B(B([B])[B])B([B])[B])B(B([B])[B])B([B])[B])B(B(B([B])[B])B([B])[B])B(B([B])[B])B([B])[B])B(B(B(B([B])[B])B([B])[B])B(B([B])[B])B([B])[B])B(B(B([B])[B])B([B])[B])B(B([B])[B])B([B])[B]. The number of hydrogen-bond donors (Lipinski definition) is 0. The van der Waals surface area contributed by atoms with Gasteiger partial charge in [0.1, 0.15) is 0 Å². The second-order valence-corrected chi connectivity index (χ2v) is 30.6. The van der Waals surface area contributed by atoms with Gasteiger partial charge in [0.05, 0.1) is 0 Å². The molecule has 0 aromatic carbocycles. The normalized spacial score (nSPS) is 9.85. The molecule has 108 heavy (non-hydrogen) atoms. The van der Waals surface area contributed by atoms with Crippen LogP contribution in [0.25, 0.3) is 0 Å². The van der Waals surface area contributed by atoms with E-state index in [2.05, 4.69) is 0 Å². The predicted octanol–water partition coefficient (Wildman–Crippen LogP) is -41.1. The van der Waals surface area contributed by atoms with Gasteiger partial charge in [-0.15, -0.1) is 0 Å². The topological polar surface area (TPSA) is 0 Å². The minimum Gasteiger partial charge on any atom is 0 e. The molecule has 0 heterocycles. The molecule has 0 unspecified atom stereocenters. The maximum Gasteiger partial charge on any atom is 0 e. The zero-order chi connectivity index (χ0) is 85.6. The van der Waals surface area contributed by atoms with Crippen molar-refractivity contribution in [2.75, 3.05) is 0 Å². The first-order valence-electron chi connectivity index (χ1n) is 35.7. The van der Waals surface area contributed by atoms with Gasteiger partial charge in [-0.3, -0.25) is 0 Å². The second kappa shape index (κ2) is 52.8. The Hall–Kier alpha value is 7.01. The van der Waals surface area contributed by atoms with Crippen molar-refractivity contribution < 1.29 is 0 Å². The Morgan fingerprint density at radius 2 is 0.111 bits per heavy atom. The van der Waals surface area contributed by atoms with Crippen LogP contribution in [0.15, 0.2) is 0 Å². The molecular weight excluding hydrogens is 1170 g/mol. The molecule has 0 spiro atoms. The monoisotopic (exact) mass is 1190 g/mol. The van der Waals surface area contributed by atoms with Crippen LogP contribution < -0.4 is 0 Å². The Bertz CT molecular complexity index is 1870. The number of hydrogen-bond acceptors (Lipinski definition) is 0. The van der Waals surface area contributed by atoms with Gasteiger partial charge in [0.15, 0.2) is 0 Å². The molecule has 324 valence electrons. The van der Waals surface area contributed by atoms with Gasteiger partial charge in [-0.25, -0.2) is 0 Å². The summed E-state index contributed by atoms with van der Waals surface area (Å²) in [6.45, 7) is 0. The maximum atomic E-state index is 7.77. The van der Waals surface area contributed by atoms with Gasteiger partial charge in [0.2, 0.25) is 0 Å². The summed E-state index contributed by atoms with van der Waals surface area (Å²) in [5, 5.41) is 0. The van der Waals surface area contributed by atoms with Crippen molar-refractivity contribution in [1.82, 2.24) is 0 Å². The summed E-state index contributed by atoms with van der Waals surface area (Å²) in [7, 11) is 396. The minimum atomic E-state index is -2.47. The van der Waals surface area contributed by atoms with Gasteiger partial charge in [0.25, 0.3) is 0 Å². The molecule has 0 aliphatic rings. The van der Waals surface area contributed by atoms with E-state index in [1.165, 1.54) is 0 Å². The smallest absolute Gasteiger partial charge is 0 e. The van der Waals surface area contributed by atoms with Crippen molar-refractivity contribution in [3.05, 3.63) is 0 Å². The molecule has 0 nitrogen and oxygen atoms in total. The molecule has 0 N–H and O–H groups in total. The first kappa shape index (κ1) is 115. The Morgan fingerprint density at radius 3 is 0.176 bits per heavy atom. The van der Waals surface area contributed by atoms with Crippen molar-refractivity contribution in [2.45, 2.75) is 0 Å². The van der Waals surface area contributed by atoms with Crippen molar-refractivity contribution in [3.8, 4) is 0 Å². The van der Waals surface area contributed by atoms with Gasteiger partial charge < -0.3 is 0 Å². The highest BCUT2D eigenvalue weighted by Crippen LogP contribution is 2.31. The predicted molar refractivity (Wildman–Crippen MR) is 621 cm³/mol. The van der Waals surface area contributed by atoms with Crippen molar-refractivity contribution in [1.29, 1.82) is 0 Å². The van der Waals surface area contributed by atoms with Crippen LogP contribution in [0, 0.1) is 0 Å². The largest absolute Gasteiger partial charge is 0 e. The molecule has 0 fully saturated rings. The van der Waals surface area contributed by atoms with Gasteiger partial charge in [-0.05, 0) is 0 Å². The highest BCUT2D eigenvalue weighted by atomic mass is 13.5. The van der Waals surface area contributed by atoms with Crippen molar-refractivity contribution >= 4 is 764 Å². The van der Waals surface area contributed by atoms with Crippen LogP contribution in [0.1, 0.15) is 0 Å². The molecule has 0 saturated heterocycles. The molecule has 0 saturated carbocycles. The lowest BCUT2D eigenvalue weighted by atomic mass is 8.18. The molecular formula is B108. The van der Waals surface area contributed by atoms with E-state index in [-0.39, 0.29) is 0 Å². The maximum absolute atomic E-state index is 7.77. The van der Waals surface area contributed by atoms with E-state index in [1.807, 2.05) is 0 Å². The molecule has 0 aromatic rings. The van der Waals surface area contributed by atoms with Crippen LogP contribution in [0.4, 0.5) is 0 Å². The molecule has 0 aromatic heterocycles. The van der Waals surface area contributed by atoms with Crippen LogP contribution in [0.3, 0.4) is 0 Å². The third kappa shape index (κ3) is 30.7. The molecule has 110 radical (unpaired) electrons. The fraction of sp³-hybridized carbons (Fsp3) is 0. The zero-order valence-electron chi connectivity index (χ0n) is 62.4. The molecule has 0 aliphatic heterocycles. The van der Waals surface area contributed by atoms with E-state index < -0.39 is 338 Å². The summed E-state index contributed by atoms with van der Waals surface area (Å²) in [5.41, 5.74) is 0. The summed E-state index contributed by atoms with van der Waals surface area (Å²) >= 11 is 0. The third-order valence-electron chi connectivity index (χ3n) is 23.1. The Labute approximate surface area is 755 Å². The molecule has 0 rings (SSSR count). The average Bonchev–Trinajstić information content (AvgIpc) is 0.705. The van der Waals surface area contributed by atoms with Crippen LogP contribution in [0.5, 0.6) is 0 Å². The van der Waals surface area contributed by atoms with Gasteiger partial charge >= 0.3 is 0 Å². The average molecular weight is 1170 g/mol. The summed E-state index contributed by atoms with van der Waals surface area (Å²) in [4.78, 5) is 0. The third-order valence-corrected chi connectivity index (χ3v) is 23.1. The highest BCUT2D eigenvalue weighted by molar-refractivity contribution is 8.45. The van der Waals surface area contributed by atoms with Crippen LogP contribution in [0.2, 0.25) is 0 Å². The lowest BCUT2D eigenvalue weighted by Crippen LogP contribution is -3.02. The first-order valence-corrected chi connectivity index (χ1v) is 35.7. The Kier molecular flexibility index (Phi) is 56.3. The van der Waals surface area contributed by atoms with E-state index in [0.29, 0.717) is 0 Å². The van der Waals surface area contributed by atoms with E-state index in [1.54, 1.807) is 0 Å². The molecule has 108 heteroatoms. The lowest BCUT2D eigenvalue weighted by molar-refractivity contribution is 3.12. The quantitative estimate of drug-likeness (QED) is 0.0533. The van der Waals surface area contributed by atoms with Gasteiger partial charge in [0, 0.05) is 764 Å². The van der Waals surface area contributed by atoms with Crippen LogP contribution in [-0.2, 0) is 0 Å². The fourth-order valence-electron chi connectivity index (χ4n) is 19.5. The zero-order valence-corrected chi connectivity index (χ0v) is 62.4. The Morgan fingerprint density at radius 1 is 0.0556 bits per heavy atom. The summed E-state index contributed by atoms with van der Waals surface area (Å²) in [5.74, 6) is 0. The summed E-state index contributed by atoms with van der Waals surface area (Å²) in [6, 6.07) is 0. The molecule has 0 atom stereocenters. The standard InChI is InChI=1S/B108/c1-56(2)83(55)97(84(57(3)4)58(5)6)104(98(85(59(7)8)60(9)10)86(61(11)12)62(13)14)107(103(95(79(47)48)80(49)50)96(81(51)52)82(53)54)108(105(99(87(63(15)16)64(17)18)88(65(19)20)66(21)22)100(89(67(23)24)68(25)26)90(69(27)28)70(29)30)106(101(91(71(31)32)72(33)34)92(73(35)36)74(37)38)102(93(75(39)40)76(41)42)94(77(43)44)78(45)46. The Balaban J connectivity index is 15.4. The van der Waals surface area contributed by atoms with Crippen LogP contribution >= 0.6 is 0 Å². The lowest BCUT2D eigenvalue weighted by Gasteiger charge is -2.64. The van der Waals surface area contributed by atoms with E-state index in [9.17, 15) is 0 Å².